The van der Waals surface area contributed by atoms with Gasteiger partial charge in [-0.25, -0.2) is 9.18 Å². The van der Waals surface area contributed by atoms with Gasteiger partial charge < -0.3 is 20.9 Å². The predicted octanol–water partition coefficient (Wildman–Crippen LogP) is 6.89. The lowest BCUT2D eigenvalue weighted by atomic mass is 9.73. The number of nitrogens with two attached hydrogens (primary N) is 1. The quantitative estimate of drug-likeness (QED) is 0.186. The lowest BCUT2D eigenvalue weighted by Gasteiger charge is -2.40. The molecule has 1 spiro atoms. The number of likely N-dealkylation sites (tertiary alicyclic amines) is 1. The number of benzene rings is 4. The predicted molar refractivity (Wildman–Crippen MR) is 176 cm³/mol. The zero-order valence-corrected chi connectivity index (χ0v) is 26.1. The van der Waals surface area contributed by atoms with Gasteiger partial charge in [0.25, 0.3) is 0 Å². The summed E-state index contributed by atoms with van der Waals surface area (Å²) in [6.07, 6.45) is 0.378. The molecule has 8 nitrogen and oxygen atoms in total. The molecule has 7 rings (SSSR count). The fourth-order valence-corrected chi connectivity index (χ4v) is 7.80. The number of nitrogens with zero attached hydrogens (tertiary/aromatic N) is 2. The summed E-state index contributed by atoms with van der Waals surface area (Å²) in [6, 6.07) is 21.3. The SMILES string of the molecule is CCOc1cccc(CN2C3CC(c4ccc(C(=O)O)cc4N)=N[C@H]3[C@H](c3cccc(Cl)c3F)[C@]23C(=O)Nc2cc(Cl)ccc23)c1. The standard InChI is InChI=1S/C35H29Cl2FN4O4/c1-2-46-21-6-3-5-18(13-21)17-42-29-16-27(22-11-9-19(33(43)44)14-26(22)39)40-32(29)30(23-7-4-8-25(37)31(23)38)35(42)24-12-10-20(36)15-28(24)41-34(35)45/h3-15,29-30,32H,2,16-17,39H2,1H3,(H,41,45)(H,43,44)/t29?,30-,32+,35+/m0/s1. The number of rotatable bonds is 7. The average molecular weight is 660 g/mol. The molecule has 4 aromatic carbocycles. The Morgan fingerprint density at radius 1 is 1.13 bits per heavy atom. The van der Waals surface area contributed by atoms with E-state index in [9.17, 15) is 14.7 Å². The summed E-state index contributed by atoms with van der Waals surface area (Å²) in [7, 11) is 0. The molecule has 46 heavy (non-hydrogen) atoms. The molecule has 3 aliphatic heterocycles. The number of halogens is 3. The molecule has 3 heterocycles. The molecule has 4 aromatic rings. The Morgan fingerprint density at radius 3 is 2.70 bits per heavy atom. The van der Waals surface area contributed by atoms with Gasteiger partial charge in [0.15, 0.2) is 0 Å². The van der Waals surface area contributed by atoms with Gasteiger partial charge in [0, 0.05) is 58.2 Å². The highest BCUT2D eigenvalue weighted by Gasteiger charge is 2.68. The molecule has 0 bridgehead atoms. The Labute approximate surface area is 274 Å². The number of carbonyl (C=O) groups is 2. The van der Waals surface area contributed by atoms with Gasteiger partial charge >= 0.3 is 5.97 Å². The van der Waals surface area contributed by atoms with Gasteiger partial charge in [-0.15, -0.1) is 0 Å². The van der Waals surface area contributed by atoms with Gasteiger partial charge in [-0.3, -0.25) is 14.7 Å². The highest BCUT2D eigenvalue weighted by Crippen LogP contribution is 2.61. The zero-order chi connectivity index (χ0) is 32.3. The Morgan fingerprint density at radius 2 is 1.93 bits per heavy atom. The van der Waals surface area contributed by atoms with Crippen LogP contribution < -0.4 is 15.8 Å². The third-order valence-electron chi connectivity index (χ3n) is 9.22. The van der Waals surface area contributed by atoms with Crippen LogP contribution in [-0.4, -0.2) is 46.3 Å². The van der Waals surface area contributed by atoms with Crippen LogP contribution in [-0.2, 0) is 16.9 Å². The van der Waals surface area contributed by atoms with Gasteiger partial charge in [-0.05, 0) is 60.5 Å². The van der Waals surface area contributed by atoms with E-state index in [-0.39, 0.29) is 33.8 Å². The van der Waals surface area contributed by atoms with E-state index in [1.165, 1.54) is 18.2 Å². The van der Waals surface area contributed by atoms with E-state index in [4.69, 9.17) is 38.7 Å². The van der Waals surface area contributed by atoms with Crippen LogP contribution >= 0.6 is 23.2 Å². The number of ether oxygens (including phenoxy) is 1. The van der Waals surface area contributed by atoms with Crippen LogP contribution in [0.25, 0.3) is 0 Å². The minimum Gasteiger partial charge on any atom is -0.494 e. The van der Waals surface area contributed by atoms with Crippen molar-refractivity contribution in [2.75, 3.05) is 17.7 Å². The number of aromatic carboxylic acids is 1. The first kappa shape index (κ1) is 30.2. The molecular weight excluding hydrogens is 630 g/mol. The van der Waals surface area contributed by atoms with Gasteiger partial charge in [-0.1, -0.05) is 59.6 Å². The summed E-state index contributed by atoms with van der Waals surface area (Å²) in [6.45, 7) is 2.72. The van der Waals surface area contributed by atoms with Crippen molar-refractivity contribution in [2.24, 2.45) is 4.99 Å². The summed E-state index contributed by atoms with van der Waals surface area (Å²) in [5.41, 5.74) is 8.96. The molecule has 0 aliphatic carbocycles. The number of carbonyl (C=O) groups excluding carboxylic acids is 1. The number of nitrogens with one attached hydrogen (secondary N) is 1. The molecule has 1 saturated heterocycles. The normalized spacial score (nSPS) is 23.3. The fraction of sp³-hybridized carbons (Fsp3) is 0.229. The van der Waals surface area contributed by atoms with Crippen molar-refractivity contribution in [3.05, 3.63) is 123 Å². The maximum atomic E-state index is 16.2. The molecule has 0 aromatic heterocycles. The van der Waals surface area contributed by atoms with E-state index in [1.807, 2.05) is 37.3 Å². The smallest absolute Gasteiger partial charge is 0.335 e. The van der Waals surface area contributed by atoms with Gasteiger partial charge in [-0.2, -0.15) is 0 Å². The van der Waals surface area contributed by atoms with E-state index in [2.05, 4.69) is 10.2 Å². The second-order valence-electron chi connectivity index (χ2n) is 11.7. The van der Waals surface area contributed by atoms with Gasteiger partial charge in [0.05, 0.1) is 23.2 Å². The third kappa shape index (κ3) is 4.64. The van der Waals surface area contributed by atoms with Crippen LogP contribution in [0.5, 0.6) is 5.75 Å². The summed E-state index contributed by atoms with van der Waals surface area (Å²) in [5, 5.41) is 12.9. The van der Waals surface area contributed by atoms with Crippen LogP contribution in [0, 0.1) is 5.82 Å². The molecule has 3 aliphatic rings. The summed E-state index contributed by atoms with van der Waals surface area (Å²) in [4.78, 5) is 33.4. The number of nitrogen functional groups attached to an aromatic ring is 1. The average Bonchev–Trinajstić information content (AvgIpc) is 3.64. The highest BCUT2D eigenvalue weighted by atomic mass is 35.5. The number of carboxylic acids is 1. The van der Waals surface area contributed by atoms with Gasteiger partial charge in [0.2, 0.25) is 5.91 Å². The molecule has 4 atom stereocenters. The first-order valence-corrected chi connectivity index (χ1v) is 15.6. The van der Waals surface area contributed by atoms with E-state index in [0.717, 1.165) is 5.56 Å². The molecule has 11 heteroatoms. The highest BCUT2D eigenvalue weighted by molar-refractivity contribution is 6.31. The number of amides is 1. The van der Waals surface area contributed by atoms with Crippen molar-refractivity contribution in [1.82, 2.24) is 4.90 Å². The first-order chi connectivity index (χ1) is 22.1. The number of anilines is 2. The molecule has 1 unspecified atom stereocenters. The lowest BCUT2D eigenvalue weighted by Crippen LogP contribution is -2.52. The Bertz CT molecular complexity index is 1950. The van der Waals surface area contributed by atoms with Gasteiger partial charge in [0.1, 0.15) is 17.1 Å². The second-order valence-corrected chi connectivity index (χ2v) is 12.5. The lowest BCUT2D eigenvalue weighted by molar-refractivity contribution is -0.128. The second kappa shape index (κ2) is 11.4. The molecule has 1 fully saturated rings. The van der Waals surface area contributed by atoms with Crippen molar-refractivity contribution in [2.45, 2.75) is 43.4 Å². The molecular formula is C35H29Cl2FN4O4. The summed E-state index contributed by atoms with van der Waals surface area (Å²) in [5.74, 6) is -2.12. The van der Waals surface area contributed by atoms with Crippen LogP contribution in [0.3, 0.4) is 0 Å². The maximum absolute atomic E-state index is 16.2. The van der Waals surface area contributed by atoms with Crippen molar-refractivity contribution in [3.8, 4) is 5.75 Å². The summed E-state index contributed by atoms with van der Waals surface area (Å²) >= 11 is 12.7. The van der Waals surface area contributed by atoms with Crippen molar-refractivity contribution < 1.29 is 23.8 Å². The van der Waals surface area contributed by atoms with E-state index < -0.39 is 29.3 Å². The Kier molecular flexibility index (Phi) is 7.50. The van der Waals surface area contributed by atoms with Crippen LogP contribution in [0.2, 0.25) is 10.0 Å². The number of hydrogen-bond acceptors (Lipinski definition) is 6. The third-order valence-corrected chi connectivity index (χ3v) is 9.75. The minimum atomic E-state index is -1.38. The van der Waals surface area contributed by atoms with Crippen molar-refractivity contribution in [1.29, 1.82) is 0 Å². The number of carboxylic acid groups (broad SMARTS) is 1. The topological polar surface area (TPSA) is 117 Å². The van der Waals surface area contributed by atoms with Crippen molar-refractivity contribution >= 4 is 52.2 Å². The number of fused-ring (bicyclic) bond motifs is 3. The minimum absolute atomic E-state index is 0.0579. The Hall–Kier alpha value is -4.44. The van der Waals surface area contributed by atoms with Crippen LogP contribution in [0.1, 0.15) is 51.9 Å². The first-order valence-electron chi connectivity index (χ1n) is 14.9. The van der Waals surface area contributed by atoms with E-state index in [1.54, 1.807) is 30.3 Å². The maximum Gasteiger partial charge on any atom is 0.335 e. The number of aliphatic imine (C=N–C) groups is 1. The monoisotopic (exact) mass is 658 g/mol. The largest absolute Gasteiger partial charge is 0.494 e. The Balaban J connectivity index is 1.46. The fourth-order valence-electron chi connectivity index (χ4n) is 7.45. The van der Waals surface area contributed by atoms with Crippen LogP contribution in [0.15, 0.2) is 83.9 Å². The molecule has 4 N–H and O–H groups in total. The summed E-state index contributed by atoms with van der Waals surface area (Å²) < 4.78 is 22.0. The molecule has 234 valence electrons. The zero-order valence-electron chi connectivity index (χ0n) is 24.6. The van der Waals surface area contributed by atoms with E-state index in [0.29, 0.717) is 52.9 Å². The molecule has 0 saturated carbocycles. The van der Waals surface area contributed by atoms with Crippen molar-refractivity contribution in [3.63, 3.8) is 0 Å². The van der Waals surface area contributed by atoms with E-state index >= 15 is 4.39 Å². The number of hydrogen-bond donors (Lipinski definition) is 3. The van der Waals surface area contributed by atoms with Crippen LogP contribution in [0.4, 0.5) is 15.8 Å². The molecule has 1 amide bonds. The molecule has 0 radical (unpaired) electrons.